The molecule has 0 aliphatic rings. The second-order valence-electron chi connectivity index (χ2n) is 5.25. The molecule has 3 aromatic rings. The lowest BCUT2D eigenvalue weighted by Gasteiger charge is -2.10. The van der Waals surface area contributed by atoms with Crippen molar-refractivity contribution in [3.05, 3.63) is 64.5 Å². The zero-order valence-corrected chi connectivity index (χ0v) is 16.5. The number of carboxylic acids is 1. The van der Waals surface area contributed by atoms with Crippen molar-refractivity contribution in [1.29, 1.82) is 0 Å². The highest BCUT2D eigenvalue weighted by Gasteiger charge is 2.10. The van der Waals surface area contributed by atoms with E-state index >= 15 is 0 Å². The predicted octanol–water partition coefficient (Wildman–Crippen LogP) is 5.32. The molecule has 3 rings (SSSR count). The molecule has 144 valence electrons. The lowest BCUT2D eigenvalue weighted by atomic mass is 9.98. The molecule has 0 radical (unpaired) electrons. The number of carboxylic acid groups (broad SMARTS) is 1. The Morgan fingerprint density at radius 1 is 1.00 bits per heavy atom. The van der Waals surface area contributed by atoms with Crippen LogP contribution in [0.15, 0.2) is 57.7 Å². The number of nitrogens with one attached hydrogen (secondary N) is 1. The van der Waals surface area contributed by atoms with Crippen LogP contribution < -0.4 is 10.9 Å². The summed E-state index contributed by atoms with van der Waals surface area (Å²) in [7, 11) is 0. The number of rotatable bonds is 4. The zero-order valence-electron chi connectivity index (χ0n) is 16.5. The van der Waals surface area contributed by atoms with Crippen LogP contribution in [-0.2, 0) is 4.79 Å². The number of aryl methyl sites for hydroxylation is 1. The van der Waals surface area contributed by atoms with Crippen LogP contribution >= 0.6 is 0 Å². The van der Waals surface area contributed by atoms with Crippen molar-refractivity contribution < 1.29 is 14.3 Å². The van der Waals surface area contributed by atoms with Gasteiger partial charge in [-0.1, -0.05) is 52.0 Å². The minimum atomic E-state index is -0.958. The van der Waals surface area contributed by atoms with Crippen molar-refractivity contribution in [3.8, 4) is 11.1 Å². The highest BCUT2D eigenvalue weighted by Crippen LogP contribution is 2.30. The topological polar surface area (TPSA) is 79.5 Å². The summed E-state index contributed by atoms with van der Waals surface area (Å²) < 4.78 is 5.27. The molecule has 0 spiro atoms. The van der Waals surface area contributed by atoms with E-state index in [0.29, 0.717) is 11.3 Å². The van der Waals surface area contributed by atoms with E-state index in [1.54, 1.807) is 12.1 Å². The lowest BCUT2D eigenvalue weighted by molar-refractivity contribution is -0.134. The molecule has 0 saturated carbocycles. The third-order valence-electron chi connectivity index (χ3n) is 3.62. The molecule has 1 heterocycles. The van der Waals surface area contributed by atoms with Crippen LogP contribution in [0.2, 0.25) is 0 Å². The third kappa shape index (κ3) is 5.71. The fraction of sp³-hybridized carbons (Fsp3) is 0.273. The zero-order chi connectivity index (χ0) is 20.4. The molecule has 0 unspecified atom stereocenters. The average molecular weight is 369 g/mol. The van der Waals surface area contributed by atoms with Crippen molar-refractivity contribution in [3.63, 3.8) is 0 Å². The Morgan fingerprint density at radius 2 is 1.67 bits per heavy atom. The van der Waals surface area contributed by atoms with E-state index in [2.05, 4.69) is 5.32 Å². The SMILES string of the molecule is CC.CC.Cc1ccccc1-c1cc(=O)oc2cc(NCC(=O)O)ccc12. The van der Waals surface area contributed by atoms with Crippen molar-refractivity contribution >= 4 is 22.6 Å². The van der Waals surface area contributed by atoms with Gasteiger partial charge in [0.25, 0.3) is 0 Å². The van der Waals surface area contributed by atoms with Crippen LogP contribution in [0.25, 0.3) is 22.1 Å². The second kappa shape index (κ2) is 10.8. The second-order valence-corrected chi connectivity index (χ2v) is 5.25. The van der Waals surface area contributed by atoms with Gasteiger partial charge in [-0.2, -0.15) is 0 Å². The van der Waals surface area contributed by atoms with Crippen molar-refractivity contribution in [1.82, 2.24) is 0 Å². The number of hydrogen-bond donors (Lipinski definition) is 2. The van der Waals surface area contributed by atoms with Gasteiger partial charge in [0.05, 0.1) is 0 Å². The van der Waals surface area contributed by atoms with Crippen LogP contribution in [0.4, 0.5) is 5.69 Å². The molecule has 0 amide bonds. The Morgan fingerprint density at radius 3 is 2.30 bits per heavy atom. The number of fused-ring (bicyclic) bond motifs is 1. The van der Waals surface area contributed by atoms with Gasteiger partial charge >= 0.3 is 11.6 Å². The first-order valence-electron chi connectivity index (χ1n) is 9.14. The smallest absolute Gasteiger partial charge is 0.336 e. The van der Waals surface area contributed by atoms with Crippen molar-refractivity contribution in [2.75, 3.05) is 11.9 Å². The Labute approximate surface area is 159 Å². The Bertz CT molecular complexity index is 944. The van der Waals surface area contributed by atoms with E-state index in [0.717, 1.165) is 22.1 Å². The van der Waals surface area contributed by atoms with Crippen molar-refractivity contribution in [2.45, 2.75) is 34.6 Å². The molecule has 0 aliphatic carbocycles. The highest BCUT2D eigenvalue weighted by molar-refractivity contribution is 5.95. The highest BCUT2D eigenvalue weighted by atomic mass is 16.4. The van der Waals surface area contributed by atoms with Gasteiger partial charge in [0.15, 0.2) is 0 Å². The molecule has 2 aromatic carbocycles. The molecule has 0 atom stereocenters. The maximum absolute atomic E-state index is 11.9. The van der Waals surface area contributed by atoms with Gasteiger partial charge in [0.1, 0.15) is 12.1 Å². The summed E-state index contributed by atoms with van der Waals surface area (Å²) in [6, 6.07) is 14.5. The van der Waals surface area contributed by atoms with E-state index in [4.69, 9.17) is 9.52 Å². The van der Waals surface area contributed by atoms with Crippen LogP contribution in [0.5, 0.6) is 0 Å². The van der Waals surface area contributed by atoms with Crippen LogP contribution in [0.3, 0.4) is 0 Å². The van der Waals surface area contributed by atoms with Crippen LogP contribution in [-0.4, -0.2) is 17.6 Å². The molecule has 0 saturated heterocycles. The summed E-state index contributed by atoms with van der Waals surface area (Å²) in [4.78, 5) is 22.5. The quantitative estimate of drug-likeness (QED) is 0.609. The monoisotopic (exact) mass is 369 g/mol. The molecule has 1 aromatic heterocycles. The first-order valence-corrected chi connectivity index (χ1v) is 9.14. The van der Waals surface area contributed by atoms with Gasteiger partial charge in [-0.3, -0.25) is 4.79 Å². The van der Waals surface area contributed by atoms with E-state index in [-0.39, 0.29) is 6.54 Å². The number of anilines is 1. The van der Waals surface area contributed by atoms with Gasteiger partial charge in [-0.25, -0.2) is 4.79 Å². The van der Waals surface area contributed by atoms with Gasteiger partial charge in [-0.15, -0.1) is 0 Å². The summed E-state index contributed by atoms with van der Waals surface area (Å²) in [5.74, 6) is -0.958. The normalized spacial score (nSPS) is 9.52. The van der Waals surface area contributed by atoms with E-state index < -0.39 is 11.6 Å². The van der Waals surface area contributed by atoms with Gasteiger partial charge in [-0.05, 0) is 30.2 Å². The summed E-state index contributed by atoms with van der Waals surface area (Å²) >= 11 is 0. The Balaban J connectivity index is 0.000000855. The molecule has 5 nitrogen and oxygen atoms in total. The fourth-order valence-electron chi connectivity index (χ4n) is 2.55. The minimum absolute atomic E-state index is 0.201. The number of aliphatic carboxylic acids is 1. The molecule has 0 aliphatic heterocycles. The molecular formula is C22H27NO4. The first-order chi connectivity index (χ1) is 13.0. The summed E-state index contributed by atoms with van der Waals surface area (Å²) in [5, 5.41) is 12.3. The van der Waals surface area contributed by atoms with E-state index in [9.17, 15) is 9.59 Å². The number of hydrogen-bond acceptors (Lipinski definition) is 4. The maximum Gasteiger partial charge on any atom is 0.336 e. The fourth-order valence-corrected chi connectivity index (χ4v) is 2.55. The third-order valence-corrected chi connectivity index (χ3v) is 3.62. The Hall–Kier alpha value is -3.08. The first kappa shape index (κ1) is 22.0. The average Bonchev–Trinajstić information content (AvgIpc) is 2.69. The van der Waals surface area contributed by atoms with Crippen molar-refractivity contribution in [2.24, 2.45) is 0 Å². The maximum atomic E-state index is 11.9. The van der Waals surface area contributed by atoms with E-state index in [1.165, 1.54) is 6.07 Å². The van der Waals surface area contributed by atoms with Gasteiger partial charge in [0, 0.05) is 28.8 Å². The van der Waals surface area contributed by atoms with Gasteiger partial charge in [0.2, 0.25) is 0 Å². The molecule has 27 heavy (non-hydrogen) atoms. The molecule has 0 fully saturated rings. The van der Waals surface area contributed by atoms with Crippen LogP contribution in [0, 0.1) is 6.92 Å². The molecule has 5 heteroatoms. The lowest BCUT2D eigenvalue weighted by Crippen LogP contribution is -2.12. The summed E-state index contributed by atoms with van der Waals surface area (Å²) in [6.07, 6.45) is 0. The standard InChI is InChI=1S/C18H15NO4.2C2H6/c1-11-4-2-3-5-13(11)15-9-18(22)23-16-8-12(6-7-14(15)16)19-10-17(20)21;2*1-2/h2-9,19H,10H2,1H3,(H,20,21);2*1-2H3. The largest absolute Gasteiger partial charge is 0.480 e. The molecule has 0 bridgehead atoms. The Kier molecular flexibility index (Phi) is 8.79. The summed E-state index contributed by atoms with van der Waals surface area (Å²) in [6.45, 7) is 9.78. The molecular weight excluding hydrogens is 342 g/mol. The van der Waals surface area contributed by atoms with Crippen LogP contribution in [0.1, 0.15) is 33.3 Å². The minimum Gasteiger partial charge on any atom is -0.480 e. The number of benzene rings is 2. The van der Waals surface area contributed by atoms with Gasteiger partial charge < -0.3 is 14.8 Å². The predicted molar refractivity (Wildman–Crippen MR) is 111 cm³/mol. The number of carbonyl (C=O) groups is 1. The van der Waals surface area contributed by atoms with E-state index in [1.807, 2.05) is 65.0 Å². The summed E-state index contributed by atoms with van der Waals surface area (Å²) in [5.41, 5.74) is 3.41. The molecule has 2 N–H and O–H groups in total.